The molecule has 1 atom stereocenters. The lowest BCUT2D eigenvalue weighted by atomic mass is 10.0. The summed E-state index contributed by atoms with van der Waals surface area (Å²) < 4.78 is 57.0. The van der Waals surface area contributed by atoms with E-state index >= 15 is 0 Å². The Morgan fingerprint density at radius 3 is 2.10 bits per heavy atom. The van der Waals surface area contributed by atoms with Crippen molar-refractivity contribution in [1.29, 1.82) is 0 Å². The number of amides is 1. The molecule has 208 valence electrons. The number of methoxy groups -OCH3 is 1. The molecule has 3 aromatic carbocycles. The van der Waals surface area contributed by atoms with E-state index in [-0.39, 0.29) is 21.2 Å². The highest BCUT2D eigenvalue weighted by atomic mass is 32.2. The lowest BCUT2D eigenvalue weighted by Gasteiger charge is -2.26. The van der Waals surface area contributed by atoms with E-state index in [1.165, 1.54) is 62.6 Å². The fourth-order valence-corrected chi connectivity index (χ4v) is 5.95. The van der Waals surface area contributed by atoms with E-state index in [4.69, 9.17) is 4.74 Å². The number of nitro groups is 1. The monoisotopic (exact) mass is 575 g/mol. The van der Waals surface area contributed by atoms with Gasteiger partial charge in [-0.3, -0.25) is 19.2 Å². The number of carbonyl (C=O) groups excluding carboxylic acids is 1. The van der Waals surface area contributed by atoms with Crippen LogP contribution in [0.4, 0.5) is 11.4 Å². The zero-order valence-corrected chi connectivity index (χ0v) is 23.5. The minimum Gasteiger partial charge on any atom is -0.497 e. The first-order valence-corrected chi connectivity index (χ1v) is 15.1. The number of rotatable bonds is 11. The number of nitrogens with one attached hydrogen (secondary N) is 1. The summed E-state index contributed by atoms with van der Waals surface area (Å²) in [5, 5.41) is 14.2. The maximum atomic E-state index is 13.7. The average molecular weight is 576 g/mol. The number of anilines is 1. The van der Waals surface area contributed by atoms with Gasteiger partial charge in [0.05, 0.1) is 33.6 Å². The number of sulfonamides is 1. The highest BCUT2D eigenvalue weighted by molar-refractivity contribution is 7.93. The second-order valence-electron chi connectivity index (χ2n) is 8.78. The van der Waals surface area contributed by atoms with Gasteiger partial charge in [0.15, 0.2) is 9.84 Å². The molecular formula is C26H29N3O8S2. The molecule has 1 N–H and O–H groups in total. The van der Waals surface area contributed by atoms with Gasteiger partial charge in [-0.05, 0) is 61.4 Å². The van der Waals surface area contributed by atoms with Crippen LogP contribution in [0.2, 0.25) is 0 Å². The van der Waals surface area contributed by atoms with E-state index in [0.717, 1.165) is 16.6 Å². The second-order valence-corrected chi connectivity index (χ2v) is 12.7. The molecule has 0 fully saturated rings. The van der Waals surface area contributed by atoms with Crippen molar-refractivity contribution in [2.24, 2.45) is 0 Å². The zero-order valence-electron chi connectivity index (χ0n) is 21.8. The number of benzene rings is 3. The third kappa shape index (κ3) is 6.92. The van der Waals surface area contributed by atoms with Crippen LogP contribution in [0.3, 0.4) is 0 Å². The van der Waals surface area contributed by atoms with Gasteiger partial charge in [-0.1, -0.05) is 25.1 Å². The Balaban J connectivity index is 1.96. The molecule has 13 heteroatoms. The molecule has 0 saturated carbocycles. The fraction of sp³-hybridized carbons (Fsp3) is 0.269. The van der Waals surface area contributed by atoms with Gasteiger partial charge in [0.2, 0.25) is 5.91 Å². The molecule has 1 unspecified atom stereocenters. The maximum absolute atomic E-state index is 13.7. The van der Waals surface area contributed by atoms with E-state index in [1.54, 1.807) is 12.1 Å². The minimum atomic E-state index is -4.41. The van der Waals surface area contributed by atoms with Gasteiger partial charge in [0, 0.05) is 17.9 Å². The highest BCUT2D eigenvalue weighted by Crippen LogP contribution is 2.29. The number of carbonyl (C=O) groups is 1. The largest absolute Gasteiger partial charge is 0.497 e. The molecule has 0 aliphatic carbocycles. The number of aryl methyl sites for hydroxylation is 1. The summed E-state index contributed by atoms with van der Waals surface area (Å²) in [4.78, 5) is 23.7. The van der Waals surface area contributed by atoms with Crippen LogP contribution in [0.15, 0.2) is 76.5 Å². The maximum Gasteiger partial charge on any atom is 0.273 e. The van der Waals surface area contributed by atoms with Crippen LogP contribution in [0, 0.1) is 17.0 Å². The summed E-state index contributed by atoms with van der Waals surface area (Å²) in [6, 6.07) is 15.1. The molecule has 0 heterocycles. The Hall–Kier alpha value is -3.97. The third-order valence-corrected chi connectivity index (χ3v) is 8.97. The number of nitrogens with zero attached hydrogens (tertiary/aromatic N) is 2. The number of ether oxygens (including phenoxy) is 1. The molecule has 0 bridgehead atoms. The molecule has 0 saturated heterocycles. The minimum absolute atomic E-state index is 0.136. The topological polar surface area (TPSA) is 153 Å². The predicted molar refractivity (Wildman–Crippen MR) is 146 cm³/mol. The Kier molecular flexibility index (Phi) is 8.97. The molecule has 0 spiro atoms. The molecule has 11 nitrogen and oxygen atoms in total. The third-order valence-electron chi connectivity index (χ3n) is 6.07. The average Bonchev–Trinajstić information content (AvgIpc) is 2.90. The summed E-state index contributed by atoms with van der Waals surface area (Å²) in [5.41, 5.74) is 0.727. The summed E-state index contributed by atoms with van der Waals surface area (Å²) in [5.74, 6) is -0.162. The summed E-state index contributed by atoms with van der Waals surface area (Å²) in [7, 11) is -6.35. The molecule has 3 rings (SSSR count). The zero-order chi connectivity index (χ0) is 29.0. The molecule has 1 amide bonds. The van der Waals surface area contributed by atoms with Crippen molar-refractivity contribution in [3.63, 3.8) is 0 Å². The fourth-order valence-electron chi connectivity index (χ4n) is 3.88. The van der Waals surface area contributed by atoms with Gasteiger partial charge in [0.25, 0.3) is 15.7 Å². The lowest BCUT2D eigenvalue weighted by molar-refractivity contribution is -0.385. The van der Waals surface area contributed by atoms with Gasteiger partial charge >= 0.3 is 0 Å². The Morgan fingerprint density at radius 1 is 1.00 bits per heavy atom. The van der Waals surface area contributed by atoms with Gasteiger partial charge in [-0.15, -0.1) is 0 Å². The molecule has 0 aromatic heterocycles. The number of hydrogen-bond donors (Lipinski definition) is 1. The number of nitro benzene ring substituents is 1. The molecule has 0 aliphatic rings. The normalized spacial score (nSPS) is 12.4. The van der Waals surface area contributed by atoms with Crippen LogP contribution in [0.25, 0.3) is 0 Å². The van der Waals surface area contributed by atoms with Crippen LogP contribution >= 0.6 is 0 Å². The quantitative estimate of drug-likeness (QED) is 0.268. The molecule has 0 aliphatic heterocycles. The van der Waals surface area contributed by atoms with Crippen LogP contribution < -0.4 is 14.4 Å². The number of sulfone groups is 1. The molecule has 39 heavy (non-hydrogen) atoms. The van der Waals surface area contributed by atoms with Crippen molar-refractivity contribution in [3.05, 3.63) is 88.0 Å². The van der Waals surface area contributed by atoms with Crippen molar-refractivity contribution in [1.82, 2.24) is 5.32 Å². The molecule has 3 aromatic rings. The smallest absolute Gasteiger partial charge is 0.273 e. The summed E-state index contributed by atoms with van der Waals surface area (Å²) in [6.45, 7) is 2.70. The Morgan fingerprint density at radius 2 is 1.59 bits per heavy atom. The van der Waals surface area contributed by atoms with E-state index in [1.807, 2.05) is 6.92 Å². The summed E-state index contributed by atoms with van der Waals surface area (Å²) >= 11 is 0. The first-order valence-electron chi connectivity index (χ1n) is 11.8. The van der Waals surface area contributed by atoms with Crippen LogP contribution in [0.1, 0.15) is 30.5 Å². The first kappa shape index (κ1) is 29.6. The van der Waals surface area contributed by atoms with Crippen LogP contribution in [-0.2, 0) is 24.7 Å². The standard InChI is InChI=1S/C26H29N3O8S2/c1-5-24(19-7-14-22(15-8-19)38(4,33)34)27-26(30)17-28(20-9-11-21(37-3)12-10-20)39(35,36)23-13-6-18(2)25(16-23)29(31)32/h6-16,24H,5,17H2,1-4H3,(H,27,30). The van der Waals surface area contributed by atoms with Crippen molar-refractivity contribution in [3.8, 4) is 5.75 Å². The lowest BCUT2D eigenvalue weighted by Crippen LogP contribution is -2.42. The van der Waals surface area contributed by atoms with Crippen LogP contribution in [0.5, 0.6) is 5.75 Å². The van der Waals surface area contributed by atoms with E-state index in [9.17, 15) is 31.7 Å². The first-order chi connectivity index (χ1) is 18.3. The number of hydrogen-bond acceptors (Lipinski definition) is 8. The predicted octanol–water partition coefficient (Wildman–Crippen LogP) is 3.78. The summed E-state index contributed by atoms with van der Waals surface area (Å²) in [6.07, 6.45) is 1.54. The van der Waals surface area contributed by atoms with Crippen molar-refractivity contribution in [2.75, 3.05) is 24.2 Å². The Bertz CT molecular complexity index is 1570. The van der Waals surface area contributed by atoms with E-state index < -0.39 is 43.3 Å². The van der Waals surface area contributed by atoms with Crippen LogP contribution in [-0.4, -0.2) is 47.6 Å². The van der Waals surface area contributed by atoms with Crippen molar-refractivity contribution < 1.29 is 31.3 Å². The van der Waals surface area contributed by atoms with Gasteiger partial charge in [-0.2, -0.15) is 0 Å². The van der Waals surface area contributed by atoms with Crippen molar-refractivity contribution in [2.45, 2.75) is 36.1 Å². The SMILES string of the molecule is CCC(NC(=O)CN(c1ccc(OC)cc1)S(=O)(=O)c1ccc(C)c([N+](=O)[O-])c1)c1ccc(S(C)(=O)=O)cc1. The van der Waals surface area contributed by atoms with E-state index in [2.05, 4.69) is 5.32 Å². The van der Waals surface area contributed by atoms with Gasteiger partial charge in [0.1, 0.15) is 12.3 Å². The Labute approximate surface area is 227 Å². The van der Waals surface area contributed by atoms with Gasteiger partial charge in [-0.25, -0.2) is 16.8 Å². The van der Waals surface area contributed by atoms with Crippen molar-refractivity contribution >= 4 is 37.1 Å². The van der Waals surface area contributed by atoms with Gasteiger partial charge < -0.3 is 10.1 Å². The molecular weight excluding hydrogens is 546 g/mol. The van der Waals surface area contributed by atoms with E-state index in [0.29, 0.717) is 23.3 Å². The highest BCUT2D eigenvalue weighted by Gasteiger charge is 2.30. The molecule has 0 radical (unpaired) electrons. The second kappa shape index (κ2) is 11.8.